The quantitative estimate of drug-likeness (QED) is 0.914. The van der Waals surface area contributed by atoms with E-state index in [-0.39, 0.29) is 5.91 Å². The van der Waals surface area contributed by atoms with Crippen LogP contribution >= 0.6 is 11.3 Å². The van der Waals surface area contributed by atoms with Gasteiger partial charge in [0.2, 0.25) is 0 Å². The number of nitrogens with zero attached hydrogens (tertiary/aromatic N) is 1. The SMILES string of the molecule is CCc1sc(C(=O)N(C)C(C)(C)C(=O)O)cc1C. The van der Waals surface area contributed by atoms with Crippen molar-refractivity contribution in [1.82, 2.24) is 4.90 Å². The number of rotatable bonds is 4. The zero-order valence-corrected chi connectivity index (χ0v) is 12.2. The zero-order chi connectivity index (χ0) is 14.1. The monoisotopic (exact) mass is 269 g/mol. The summed E-state index contributed by atoms with van der Waals surface area (Å²) in [5.41, 5.74) is -0.117. The second kappa shape index (κ2) is 5.10. The van der Waals surface area contributed by atoms with Gasteiger partial charge in [-0.05, 0) is 38.8 Å². The topological polar surface area (TPSA) is 57.6 Å². The van der Waals surface area contributed by atoms with Crippen LogP contribution < -0.4 is 0 Å². The highest BCUT2D eigenvalue weighted by Crippen LogP contribution is 2.25. The van der Waals surface area contributed by atoms with E-state index in [1.54, 1.807) is 0 Å². The Morgan fingerprint density at radius 3 is 2.39 bits per heavy atom. The van der Waals surface area contributed by atoms with Crippen LogP contribution in [0.3, 0.4) is 0 Å². The molecule has 1 aromatic heterocycles. The molecule has 1 rings (SSSR count). The minimum Gasteiger partial charge on any atom is -0.480 e. The zero-order valence-electron chi connectivity index (χ0n) is 11.4. The molecule has 0 saturated heterocycles. The number of carboxylic acid groups (broad SMARTS) is 1. The molecule has 0 aliphatic rings. The third-order valence-corrected chi connectivity index (χ3v) is 4.59. The number of hydrogen-bond donors (Lipinski definition) is 1. The van der Waals surface area contributed by atoms with Gasteiger partial charge in [0, 0.05) is 11.9 Å². The van der Waals surface area contributed by atoms with E-state index in [9.17, 15) is 9.59 Å². The Morgan fingerprint density at radius 1 is 1.44 bits per heavy atom. The van der Waals surface area contributed by atoms with Gasteiger partial charge in [-0.15, -0.1) is 11.3 Å². The van der Waals surface area contributed by atoms with Gasteiger partial charge in [0.05, 0.1) is 4.88 Å². The van der Waals surface area contributed by atoms with E-state index in [1.807, 2.05) is 19.9 Å². The molecule has 0 aliphatic carbocycles. The normalized spacial score (nSPS) is 11.4. The van der Waals surface area contributed by atoms with Crippen LogP contribution in [0.2, 0.25) is 0 Å². The molecule has 4 nitrogen and oxygen atoms in total. The predicted molar refractivity (Wildman–Crippen MR) is 72.2 cm³/mol. The number of amides is 1. The Hall–Kier alpha value is -1.36. The summed E-state index contributed by atoms with van der Waals surface area (Å²) in [6, 6.07) is 1.83. The Kier molecular flexibility index (Phi) is 4.16. The standard InChI is InChI=1S/C13H19NO3S/c1-6-9-8(2)7-10(18-9)11(15)14(5)13(3,4)12(16)17/h7H,6H2,1-5H3,(H,16,17). The summed E-state index contributed by atoms with van der Waals surface area (Å²) in [4.78, 5) is 26.4. The maximum atomic E-state index is 12.3. The van der Waals surface area contributed by atoms with Crippen LogP contribution in [0.5, 0.6) is 0 Å². The molecule has 18 heavy (non-hydrogen) atoms. The first-order valence-corrected chi connectivity index (χ1v) is 6.64. The number of carbonyl (C=O) groups is 2. The predicted octanol–water partition coefficient (Wildman–Crippen LogP) is 2.55. The molecule has 0 spiro atoms. The van der Waals surface area contributed by atoms with Crippen molar-refractivity contribution in [2.45, 2.75) is 39.7 Å². The fraction of sp³-hybridized carbons (Fsp3) is 0.538. The van der Waals surface area contributed by atoms with Gasteiger partial charge >= 0.3 is 5.97 Å². The average Bonchev–Trinajstić information content (AvgIpc) is 2.68. The van der Waals surface area contributed by atoms with E-state index < -0.39 is 11.5 Å². The summed E-state index contributed by atoms with van der Waals surface area (Å²) in [5.74, 6) is -1.25. The molecule has 1 N–H and O–H groups in total. The first-order chi connectivity index (χ1) is 8.21. The average molecular weight is 269 g/mol. The summed E-state index contributed by atoms with van der Waals surface area (Å²) in [7, 11) is 1.52. The lowest BCUT2D eigenvalue weighted by molar-refractivity contribution is -0.147. The van der Waals surface area contributed by atoms with Gasteiger partial charge in [-0.3, -0.25) is 4.79 Å². The summed E-state index contributed by atoms with van der Waals surface area (Å²) >= 11 is 1.44. The van der Waals surface area contributed by atoms with Crippen molar-refractivity contribution in [3.8, 4) is 0 Å². The fourth-order valence-electron chi connectivity index (χ4n) is 1.54. The largest absolute Gasteiger partial charge is 0.480 e. The number of carboxylic acids is 1. The van der Waals surface area contributed by atoms with Crippen molar-refractivity contribution in [3.63, 3.8) is 0 Å². The van der Waals surface area contributed by atoms with Crippen molar-refractivity contribution < 1.29 is 14.7 Å². The van der Waals surface area contributed by atoms with Crippen LogP contribution in [0.15, 0.2) is 6.07 Å². The summed E-state index contributed by atoms with van der Waals surface area (Å²) < 4.78 is 0. The lowest BCUT2D eigenvalue weighted by atomic mass is 10.0. The third-order valence-electron chi connectivity index (χ3n) is 3.22. The summed E-state index contributed by atoms with van der Waals surface area (Å²) in [6.45, 7) is 7.05. The Balaban J connectivity index is 3.03. The lowest BCUT2D eigenvalue weighted by Gasteiger charge is -2.31. The first-order valence-electron chi connectivity index (χ1n) is 5.82. The summed E-state index contributed by atoms with van der Waals surface area (Å²) in [6.07, 6.45) is 0.885. The van der Waals surface area contributed by atoms with Crippen LogP contribution in [0.25, 0.3) is 0 Å². The van der Waals surface area contributed by atoms with E-state index in [4.69, 9.17) is 5.11 Å². The molecule has 0 atom stereocenters. The van der Waals surface area contributed by atoms with E-state index in [0.29, 0.717) is 4.88 Å². The molecule has 0 saturated carbocycles. The number of aliphatic carboxylic acids is 1. The minimum absolute atomic E-state index is 0.241. The molecule has 0 radical (unpaired) electrons. The molecular weight excluding hydrogens is 250 g/mol. The second-order valence-corrected chi connectivity index (χ2v) is 5.94. The Morgan fingerprint density at radius 2 is 2.00 bits per heavy atom. The summed E-state index contributed by atoms with van der Waals surface area (Å²) in [5, 5.41) is 9.12. The van der Waals surface area contributed by atoms with Gasteiger partial charge in [-0.25, -0.2) is 4.79 Å². The third kappa shape index (κ3) is 2.56. The smallest absolute Gasteiger partial charge is 0.329 e. The molecule has 0 unspecified atom stereocenters. The molecule has 1 heterocycles. The number of carbonyl (C=O) groups excluding carboxylic acids is 1. The molecular formula is C13H19NO3S. The number of aryl methyl sites for hydroxylation is 2. The maximum Gasteiger partial charge on any atom is 0.329 e. The molecule has 1 aromatic rings. The van der Waals surface area contributed by atoms with Crippen LogP contribution in [0, 0.1) is 6.92 Å². The highest BCUT2D eigenvalue weighted by Gasteiger charge is 2.36. The Labute approximate surface area is 111 Å². The molecule has 1 amide bonds. The van der Waals surface area contributed by atoms with Crippen molar-refractivity contribution in [2.24, 2.45) is 0 Å². The highest BCUT2D eigenvalue weighted by molar-refractivity contribution is 7.14. The number of likely N-dealkylation sites (N-methyl/N-ethyl adjacent to an activating group) is 1. The van der Waals surface area contributed by atoms with Crippen LogP contribution in [-0.2, 0) is 11.2 Å². The second-order valence-electron chi connectivity index (χ2n) is 4.80. The van der Waals surface area contributed by atoms with E-state index >= 15 is 0 Å². The molecule has 100 valence electrons. The lowest BCUT2D eigenvalue weighted by Crippen LogP contribution is -2.50. The molecule has 0 bridgehead atoms. The van der Waals surface area contributed by atoms with Gasteiger partial charge in [0.1, 0.15) is 5.54 Å². The van der Waals surface area contributed by atoms with Gasteiger partial charge in [0.15, 0.2) is 0 Å². The van der Waals surface area contributed by atoms with Gasteiger partial charge in [-0.2, -0.15) is 0 Å². The van der Waals surface area contributed by atoms with Crippen molar-refractivity contribution in [1.29, 1.82) is 0 Å². The Bertz CT molecular complexity index is 477. The van der Waals surface area contributed by atoms with Crippen molar-refractivity contribution in [3.05, 3.63) is 21.4 Å². The van der Waals surface area contributed by atoms with E-state index in [0.717, 1.165) is 12.0 Å². The highest BCUT2D eigenvalue weighted by atomic mass is 32.1. The fourth-order valence-corrected chi connectivity index (χ4v) is 2.63. The molecule has 0 aromatic carbocycles. The van der Waals surface area contributed by atoms with Crippen LogP contribution in [0.1, 0.15) is 40.9 Å². The maximum absolute atomic E-state index is 12.3. The van der Waals surface area contributed by atoms with Gasteiger partial charge < -0.3 is 10.0 Å². The van der Waals surface area contributed by atoms with Gasteiger partial charge in [-0.1, -0.05) is 6.92 Å². The van der Waals surface area contributed by atoms with Crippen LogP contribution in [-0.4, -0.2) is 34.5 Å². The first kappa shape index (κ1) is 14.7. The van der Waals surface area contributed by atoms with E-state index in [1.165, 1.54) is 42.0 Å². The van der Waals surface area contributed by atoms with E-state index in [2.05, 4.69) is 0 Å². The molecule has 0 aliphatic heterocycles. The van der Waals surface area contributed by atoms with Gasteiger partial charge in [0.25, 0.3) is 5.91 Å². The minimum atomic E-state index is -1.21. The molecule has 5 heteroatoms. The van der Waals surface area contributed by atoms with Crippen LogP contribution in [0.4, 0.5) is 0 Å². The number of hydrogen-bond acceptors (Lipinski definition) is 3. The van der Waals surface area contributed by atoms with Crippen molar-refractivity contribution >= 4 is 23.2 Å². The molecule has 0 fully saturated rings. The number of thiophene rings is 1. The van der Waals surface area contributed by atoms with Crippen molar-refractivity contribution in [2.75, 3.05) is 7.05 Å².